The van der Waals surface area contributed by atoms with Crippen LogP contribution in [-0.4, -0.2) is 98.3 Å². The molecule has 13 nitrogen and oxygen atoms in total. The highest BCUT2D eigenvalue weighted by molar-refractivity contribution is 7.47. The molecule has 1 aliphatic rings. The van der Waals surface area contributed by atoms with E-state index in [0.29, 0.717) is 12.8 Å². The average Bonchev–Trinajstić information content (AvgIpc) is 3.23. The molecule has 352 valence electrons. The smallest absolute Gasteiger partial charge is 0.462 e. The Balaban J connectivity index is 2.41. The average molecular weight is 877 g/mol. The lowest BCUT2D eigenvalue weighted by Crippen LogP contribution is -2.64. The Hall–Kier alpha value is -1.67. The van der Waals surface area contributed by atoms with Crippen LogP contribution < -0.4 is 0 Å². The minimum atomic E-state index is -5.12. The molecule has 0 aliphatic heterocycles. The van der Waals surface area contributed by atoms with Crippen molar-refractivity contribution in [2.24, 2.45) is 0 Å². The molecule has 6 N–H and O–H groups in total. The standard InChI is InChI=1S/C46H85O13P/c1-3-5-7-9-11-13-15-17-18-19-20-21-22-23-25-26-28-30-32-34-39(47)56-36-38(58-40(48)35-33-31-29-27-24-16-14-12-10-8-6-4-2)37-57-60(54,55)59-46-44(52)42(50)41(49)43(51)45(46)53/h12,14,17-18,38,41-46,49-53H,3-11,13,15-16,19-37H2,1-2H3,(H,54,55)/b14-12+,18-17+/t38-,41?,42-,43?,44?,45?,46?/m0/s1. The number of aliphatic hydroxyl groups excluding tert-OH is 5. The minimum absolute atomic E-state index is 0.0876. The Morgan fingerprint density at radius 3 is 1.30 bits per heavy atom. The number of hydrogen-bond donors (Lipinski definition) is 6. The number of esters is 2. The van der Waals surface area contributed by atoms with E-state index >= 15 is 0 Å². The van der Waals surface area contributed by atoms with E-state index in [1.807, 2.05) is 0 Å². The highest BCUT2D eigenvalue weighted by atomic mass is 31.2. The predicted octanol–water partition coefficient (Wildman–Crippen LogP) is 9.23. The summed E-state index contributed by atoms with van der Waals surface area (Å²) in [7, 11) is -5.12. The third-order valence-electron chi connectivity index (χ3n) is 11.0. The van der Waals surface area contributed by atoms with Gasteiger partial charge in [-0.05, 0) is 64.2 Å². The molecular formula is C46H85O13P. The van der Waals surface area contributed by atoms with Crippen LogP contribution in [0.1, 0.15) is 200 Å². The maximum atomic E-state index is 12.8. The van der Waals surface area contributed by atoms with Gasteiger partial charge in [-0.15, -0.1) is 0 Å². The van der Waals surface area contributed by atoms with Crippen molar-refractivity contribution in [1.29, 1.82) is 0 Å². The topological polar surface area (TPSA) is 210 Å². The van der Waals surface area contributed by atoms with E-state index in [1.165, 1.54) is 96.3 Å². The molecule has 14 heteroatoms. The van der Waals surface area contributed by atoms with Gasteiger partial charge < -0.3 is 39.9 Å². The fourth-order valence-corrected chi connectivity index (χ4v) is 8.13. The van der Waals surface area contributed by atoms with Gasteiger partial charge in [-0.3, -0.25) is 18.6 Å². The molecule has 0 aromatic carbocycles. The van der Waals surface area contributed by atoms with Crippen molar-refractivity contribution < 1.29 is 63.1 Å². The molecule has 0 heterocycles. The molecule has 0 saturated heterocycles. The Bertz CT molecular complexity index is 1150. The quantitative estimate of drug-likeness (QED) is 0.0147. The van der Waals surface area contributed by atoms with Gasteiger partial charge in [0.05, 0.1) is 6.61 Å². The number of aliphatic hydroxyl groups is 5. The molecule has 0 bridgehead atoms. The third kappa shape index (κ3) is 28.8. The summed E-state index contributed by atoms with van der Waals surface area (Å²) in [6.07, 6.45) is 26.6. The van der Waals surface area contributed by atoms with Gasteiger partial charge in [0, 0.05) is 12.8 Å². The van der Waals surface area contributed by atoms with Crippen LogP contribution in [0.4, 0.5) is 0 Å². The molecule has 0 radical (unpaired) electrons. The van der Waals surface area contributed by atoms with Gasteiger partial charge in [0.1, 0.15) is 43.2 Å². The number of ether oxygens (including phenoxy) is 2. The summed E-state index contributed by atoms with van der Waals surface area (Å²) in [5.74, 6) is -1.11. The zero-order valence-corrected chi connectivity index (χ0v) is 38.2. The molecular weight excluding hydrogens is 791 g/mol. The molecule has 0 aromatic heterocycles. The maximum Gasteiger partial charge on any atom is 0.472 e. The van der Waals surface area contributed by atoms with Gasteiger partial charge in [-0.1, -0.05) is 147 Å². The third-order valence-corrected chi connectivity index (χ3v) is 12.0. The normalized spacial score (nSPS) is 22.3. The van der Waals surface area contributed by atoms with Gasteiger partial charge >= 0.3 is 19.8 Å². The Labute approximate surface area is 362 Å². The lowest BCUT2D eigenvalue weighted by Gasteiger charge is -2.41. The summed E-state index contributed by atoms with van der Waals surface area (Å²) in [5, 5.41) is 50.1. The van der Waals surface area contributed by atoms with E-state index < -0.39 is 75.7 Å². The first-order valence-corrected chi connectivity index (χ1v) is 25.1. The largest absolute Gasteiger partial charge is 0.472 e. The fourth-order valence-electron chi connectivity index (χ4n) is 7.16. The predicted molar refractivity (Wildman–Crippen MR) is 235 cm³/mol. The van der Waals surface area contributed by atoms with Crippen molar-refractivity contribution in [2.75, 3.05) is 13.2 Å². The summed E-state index contributed by atoms with van der Waals surface area (Å²) in [5.41, 5.74) is 0. The number of carbonyl (C=O) groups is 2. The Morgan fingerprint density at radius 1 is 0.500 bits per heavy atom. The van der Waals surface area contributed by atoms with Crippen LogP contribution >= 0.6 is 7.82 Å². The molecule has 6 unspecified atom stereocenters. The van der Waals surface area contributed by atoms with Crippen LogP contribution in [0.25, 0.3) is 0 Å². The number of phosphoric ester groups is 1. The molecule has 1 saturated carbocycles. The Morgan fingerprint density at radius 2 is 0.850 bits per heavy atom. The second-order valence-corrected chi connectivity index (χ2v) is 18.0. The molecule has 0 aromatic rings. The number of phosphoric acid groups is 1. The molecule has 0 spiro atoms. The number of unbranched alkanes of at least 4 members (excludes halogenated alkanes) is 23. The van der Waals surface area contributed by atoms with Crippen molar-refractivity contribution in [3.05, 3.63) is 24.3 Å². The first-order valence-electron chi connectivity index (χ1n) is 23.6. The number of carbonyl (C=O) groups excluding carboxylic acids is 2. The highest BCUT2D eigenvalue weighted by Gasteiger charge is 2.51. The lowest BCUT2D eigenvalue weighted by molar-refractivity contribution is -0.220. The van der Waals surface area contributed by atoms with Gasteiger partial charge in [-0.25, -0.2) is 4.57 Å². The van der Waals surface area contributed by atoms with E-state index in [1.54, 1.807) is 0 Å². The monoisotopic (exact) mass is 877 g/mol. The number of hydrogen-bond acceptors (Lipinski definition) is 12. The molecule has 1 fully saturated rings. The molecule has 1 aliphatic carbocycles. The van der Waals surface area contributed by atoms with Gasteiger partial charge in [0.25, 0.3) is 0 Å². The summed E-state index contributed by atoms with van der Waals surface area (Å²) < 4.78 is 33.5. The van der Waals surface area contributed by atoms with Crippen molar-refractivity contribution in [2.45, 2.75) is 243 Å². The summed E-state index contributed by atoms with van der Waals surface area (Å²) in [4.78, 5) is 35.7. The zero-order chi connectivity index (χ0) is 44.3. The SMILES string of the molecule is CCCCC/C=C/CCCCCCCC(=O)O[C@@H](COC(=O)CCCCCCCCCCC/C=C/CCCCCCCC)COP(=O)(O)OC1C(O)C(O)C(O)[C@H](O)C1O. The van der Waals surface area contributed by atoms with Gasteiger partial charge in [0.2, 0.25) is 0 Å². The van der Waals surface area contributed by atoms with Crippen molar-refractivity contribution in [3.8, 4) is 0 Å². The molecule has 8 atom stereocenters. The summed E-state index contributed by atoms with van der Waals surface area (Å²) in [6, 6.07) is 0. The van der Waals surface area contributed by atoms with Gasteiger partial charge in [0.15, 0.2) is 6.10 Å². The highest BCUT2D eigenvalue weighted by Crippen LogP contribution is 2.47. The van der Waals surface area contributed by atoms with Crippen LogP contribution in [0.2, 0.25) is 0 Å². The van der Waals surface area contributed by atoms with Crippen LogP contribution in [0.3, 0.4) is 0 Å². The summed E-state index contributed by atoms with van der Waals surface area (Å²) in [6.45, 7) is 3.26. The van der Waals surface area contributed by atoms with Crippen LogP contribution in [0.15, 0.2) is 24.3 Å². The number of rotatable bonds is 39. The van der Waals surface area contributed by atoms with Crippen LogP contribution in [0, 0.1) is 0 Å². The Kier molecular flexibility index (Phi) is 34.5. The first kappa shape index (κ1) is 56.3. The lowest BCUT2D eigenvalue weighted by atomic mass is 9.85. The summed E-state index contributed by atoms with van der Waals surface area (Å²) >= 11 is 0. The number of allylic oxidation sites excluding steroid dienone is 4. The van der Waals surface area contributed by atoms with E-state index in [-0.39, 0.29) is 12.8 Å². The second kappa shape index (κ2) is 36.8. The maximum absolute atomic E-state index is 12.8. The van der Waals surface area contributed by atoms with Crippen molar-refractivity contribution in [1.82, 2.24) is 0 Å². The zero-order valence-electron chi connectivity index (χ0n) is 37.3. The van der Waals surface area contributed by atoms with Crippen molar-refractivity contribution >= 4 is 19.8 Å². The molecule has 1 rings (SSSR count). The second-order valence-electron chi connectivity index (χ2n) is 16.6. The molecule has 60 heavy (non-hydrogen) atoms. The van der Waals surface area contributed by atoms with E-state index in [2.05, 4.69) is 38.2 Å². The first-order chi connectivity index (χ1) is 28.9. The van der Waals surface area contributed by atoms with E-state index in [9.17, 15) is 44.6 Å². The fraction of sp³-hybridized carbons (Fsp3) is 0.870. The van der Waals surface area contributed by atoms with Gasteiger partial charge in [-0.2, -0.15) is 0 Å². The molecule has 0 amide bonds. The van der Waals surface area contributed by atoms with Crippen LogP contribution in [-0.2, 0) is 32.7 Å². The van der Waals surface area contributed by atoms with E-state index in [0.717, 1.165) is 64.2 Å². The van der Waals surface area contributed by atoms with Crippen LogP contribution in [0.5, 0.6) is 0 Å². The van der Waals surface area contributed by atoms with Crippen molar-refractivity contribution in [3.63, 3.8) is 0 Å². The van der Waals surface area contributed by atoms with E-state index in [4.69, 9.17) is 18.5 Å². The minimum Gasteiger partial charge on any atom is -0.462 e.